The summed E-state index contributed by atoms with van der Waals surface area (Å²) in [6.45, 7) is 2.05. The van der Waals surface area contributed by atoms with Crippen LogP contribution in [0.2, 0.25) is 0 Å². The molecule has 1 rings (SSSR count). The second-order valence-electron chi connectivity index (χ2n) is 3.04. The molecule has 1 aromatic rings. The highest BCUT2D eigenvalue weighted by molar-refractivity contribution is 9.10. The topological polar surface area (TPSA) is 20.3 Å². The summed E-state index contributed by atoms with van der Waals surface area (Å²) in [5, 5.41) is 0. The first-order chi connectivity index (χ1) is 6.09. The lowest BCUT2D eigenvalue weighted by Gasteiger charge is -2.17. The summed E-state index contributed by atoms with van der Waals surface area (Å²) in [7, 11) is 1.91. The third kappa shape index (κ3) is 3.19. The molecule has 0 aliphatic heterocycles. The second kappa shape index (κ2) is 4.42. The van der Waals surface area contributed by atoms with E-state index in [0.29, 0.717) is 6.54 Å². The molecule has 1 aromatic carbocycles. The monoisotopic (exact) mass is 241 g/mol. The molecule has 0 fully saturated rings. The van der Waals surface area contributed by atoms with Crippen LogP contribution in [0.5, 0.6) is 0 Å². The molecule has 0 saturated carbocycles. The lowest BCUT2D eigenvalue weighted by atomic mass is 10.3. The van der Waals surface area contributed by atoms with Crippen LogP contribution >= 0.6 is 15.9 Å². The Labute approximate surface area is 86.7 Å². The first-order valence-electron chi connectivity index (χ1n) is 4.06. The minimum atomic E-state index is 0.169. The molecule has 0 aliphatic rings. The zero-order chi connectivity index (χ0) is 9.84. The van der Waals surface area contributed by atoms with Crippen LogP contribution in [0.3, 0.4) is 0 Å². The molecule has 0 saturated heterocycles. The standard InChI is InChI=1S/C10H12BrNO/c1-8(13)7-12(2)10-5-3-4-9(11)6-10/h3-6H,7H2,1-2H3. The van der Waals surface area contributed by atoms with Crippen molar-refractivity contribution in [2.24, 2.45) is 0 Å². The highest BCUT2D eigenvalue weighted by Gasteiger charge is 2.02. The first-order valence-corrected chi connectivity index (χ1v) is 4.85. The van der Waals surface area contributed by atoms with Crippen LogP contribution in [0.1, 0.15) is 6.92 Å². The van der Waals surface area contributed by atoms with Crippen LogP contribution in [0.15, 0.2) is 28.7 Å². The van der Waals surface area contributed by atoms with Crippen molar-refractivity contribution in [3.63, 3.8) is 0 Å². The van der Waals surface area contributed by atoms with Gasteiger partial charge < -0.3 is 4.90 Å². The summed E-state index contributed by atoms with van der Waals surface area (Å²) in [5.74, 6) is 0.169. The average Bonchev–Trinajstić information content (AvgIpc) is 2.03. The molecule has 0 N–H and O–H groups in total. The number of carbonyl (C=O) groups excluding carboxylic acids is 1. The van der Waals surface area contributed by atoms with E-state index in [1.54, 1.807) is 6.92 Å². The van der Waals surface area contributed by atoms with E-state index in [1.807, 2.05) is 36.2 Å². The van der Waals surface area contributed by atoms with Gasteiger partial charge in [-0.3, -0.25) is 4.79 Å². The number of Topliss-reactive ketones (excluding diaryl/α,β-unsaturated/α-hetero) is 1. The quantitative estimate of drug-likeness (QED) is 0.811. The Kier molecular flexibility index (Phi) is 3.48. The van der Waals surface area contributed by atoms with Crippen molar-refractivity contribution in [1.29, 1.82) is 0 Å². The summed E-state index contributed by atoms with van der Waals surface area (Å²) in [4.78, 5) is 12.8. The number of benzene rings is 1. The third-order valence-corrected chi connectivity index (χ3v) is 2.20. The van der Waals surface area contributed by atoms with E-state index in [2.05, 4.69) is 15.9 Å². The van der Waals surface area contributed by atoms with Gasteiger partial charge in [-0.05, 0) is 25.1 Å². The summed E-state index contributed by atoms with van der Waals surface area (Å²) in [6, 6.07) is 7.89. The van der Waals surface area contributed by atoms with Crippen LogP contribution < -0.4 is 4.90 Å². The van der Waals surface area contributed by atoms with Crippen LogP contribution in [0, 0.1) is 0 Å². The third-order valence-electron chi connectivity index (χ3n) is 1.71. The molecule has 0 aliphatic carbocycles. The molecule has 0 heterocycles. The van der Waals surface area contributed by atoms with Crippen molar-refractivity contribution in [2.45, 2.75) is 6.92 Å². The molecular formula is C10H12BrNO. The molecule has 0 amide bonds. The number of hydrogen-bond donors (Lipinski definition) is 0. The smallest absolute Gasteiger partial charge is 0.149 e. The van der Waals surface area contributed by atoms with Crippen LogP contribution in [0.4, 0.5) is 5.69 Å². The molecule has 0 aromatic heterocycles. The van der Waals surface area contributed by atoms with Crippen molar-refractivity contribution in [1.82, 2.24) is 0 Å². The normalized spacial score (nSPS) is 9.77. The molecule has 0 spiro atoms. The molecule has 2 nitrogen and oxygen atoms in total. The lowest BCUT2D eigenvalue weighted by molar-refractivity contribution is -0.115. The van der Waals surface area contributed by atoms with E-state index in [1.165, 1.54) is 0 Å². The minimum Gasteiger partial charge on any atom is -0.367 e. The van der Waals surface area contributed by atoms with Gasteiger partial charge in [-0.25, -0.2) is 0 Å². The Bertz CT molecular complexity index is 312. The van der Waals surface area contributed by atoms with Crippen LogP contribution in [0.25, 0.3) is 0 Å². The summed E-state index contributed by atoms with van der Waals surface area (Å²) in [6.07, 6.45) is 0. The van der Waals surface area contributed by atoms with Gasteiger partial charge >= 0.3 is 0 Å². The maximum Gasteiger partial charge on any atom is 0.149 e. The summed E-state index contributed by atoms with van der Waals surface area (Å²) < 4.78 is 1.03. The number of nitrogens with zero attached hydrogens (tertiary/aromatic N) is 1. The maximum absolute atomic E-state index is 10.9. The molecule has 0 radical (unpaired) electrons. The SMILES string of the molecule is CC(=O)CN(C)c1cccc(Br)c1. The minimum absolute atomic E-state index is 0.169. The predicted octanol–water partition coefficient (Wildman–Crippen LogP) is 2.47. The highest BCUT2D eigenvalue weighted by Crippen LogP contribution is 2.18. The zero-order valence-corrected chi connectivity index (χ0v) is 9.34. The predicted molar refractivity (Wildman–Crippen MR) is 58.1 cm³/mol. The molecule has 70 valence electrons. The molecule has 0 unspecified atom stereocenters. The van der Waals surface area contributed by atoms with Gasteiger partial charge in [-0.1, -0.05) is 22.0 Å². The van der Waals surface area contributed by atoms with Gasteiger partial charge in [0.05, 0.1) is 6.54 Å². The molecule has 0 atom stereocenters. The molecule has 13 heavy (non-hydrogen) atoms. The van der Waals surface area contributed by atoms with Crippen molar-refractivity contribution in [3.8, 4) is 0 Å². The van der Waals surface area contributed by atoms with E-state index in [-0.39, 0.29) is 5.78 Å². The van der Waals surface area contributed by atoms with Gasteiger partial charge in [-0.15, -0.1) is 0 Å². The number of likely N-dealkylation sites (N-methyl/N-ethyl adjacent to an activating group) is 1. The summed E-state index contributed by atoms with van der Waals surface area (Å²) in [5.41, 5.74) is 1.05. The van der Waals surface area contributed by atoms with Gasteiger partial charge in [0.15, 0.2) is 0 Å². The van der Waals surface area contributed by atoms with Crippen LogP contribution in [-0.4, -0.2) is 19.4 Å². The number of hydrogen-bond acceptors (Lipinski definition) is 2. The Hall–Kier alpha value is -0.830. The van der Waals surface area contributed by atoms with Gasteiger partial charge in [-0.2, -0.15) is 0 Å². The van der Waals surface area contributed by atoms with Gasteiger partial charge in [0.25, 0.3) is 0 Å². The fourth-order valence-electron chi connectivity index (χ4n) is 1.14. The Morgan fingerprint density at radius 3 is 2.77 bits per heavy atom. The molecule has 0 bridgehead atoms. The lowest BCUT2D eigenvalue weighted by Crippen LogP contribution is -2.23. The van der Waals surface area contributed by atoms with Crippen molar-refractivity contribution < 1.29 is 4.79 Å². The fraction of sp³-hybridized carbons (Fsp3) is 0.300. The zero-order valence-electron chi connectivity index (χ0n) is 7.75. The number of ketones is 1. The van der Waals surface area contributed by atoms with Crippen molar-refractivity contribution >= 4 is 27.4 Å². The Morgan fingerprint density at radius 1 is 1.54 bits per heavy atom. The van der Waals surface area contributed by atoms with Gasteiger partial charge in [0.2, 0.25) is 0 Å². The molecular weight excluding hydrogens is 230 g/mol. The summed E-state index contributed by atoms with van der Waals surface area (Å²) >= 11 is 3.39. The number of halogens is 1. The fourth-order valence-corrected chi connectivity index (χ4v) is 1.53. The van der Waals surface area contributed by atoms with Crippen molar-refractivity contribution in [2.75, 3.05) is 18.5 Å². The number of carbonyl (C=O) groups is 1. The van der Waals surface area contributed by atoms with E-state index < -0.39 is 0 Å². The Morgan fingerprint density at radius 2 is 2.23 bits per heavy atom. The van der Waals surface area contributed by atoms with Gasteiger partial charge in [0.1, 0.15) is 5.78 Å². The molecule has 3 heteroatoms. The van der Waals surface area contributed by atoms with E-state index >= 15 is 0 Å². The van der Waals surface area contributed by atoms with Gasteiger partial charge in [0, 0.05) is 17.2 Å². The number of anilines is 1. The first kappa shape index (κ1) is 10.3. The highest BCUT2D eigenvalue weighted by atomic mass is 79.9. The number of rotatable bonds is 3. The maximum atomic E-state index is 10.9. The van der Waals surface area contributed by atoms with Crippen molar-refractivity contribution in [3.05, 3.63) is 28.7 Å². The largest absolute Gasteiger partial charge is 0.367 e. The van der Waals surface area contributed by atoms with E-state index in [9.17, 15) is 4.79 Å². The van der Waals surface area contributed by atoms with E-state index in [0.717, 1.165) is 10.2 Å². The van der Waals surface area contributed by atoms with Crippen LogP contribution in [-0.2, 0) is 4.79 Å². The second-order valence-corrected chi connectivity index (χ2v) is 3.95. The Balaban J connectivity index is 2.76. The average molecular weight is 242 g/mol. The van der Waals surface area contributed by atoms with E-state index in [4.69, 9.17) is 0 Å².